The molecule has 1 saturated heterocycles. The third kappa shape index (κ3) is 5.13. The van der Waals surface area contributed by atoms with Crippen molar-refractivity contribution in [1.82, 2.24) is 10.6 Å². The van der Waals surface area contributed by atoms with Gasteiger partial charge in [-0.2, -0.15) is 0 Å². The number of halogens is 2. The molecule has 0 spiro atoms. The molecule has 3 rings (SSSR count). The van der Waals surface area contributed by atoms with E-state index in [2.05, 4.69) is 10.6 Å². The zero-order valence-corrected chi connectivity index (χ0v) is 15.7. The first-order valence-electron chi connectivity index (χ1n) is 9.29. The first-order valence-corrected chi connectivity index (χ1v) is 9.29. The summed E-state index contributed by atoms with van der Waals surface area (Å²) in [5.41, 5.74) is 1.44. The molecule has 1 heterocycles. The van der Waals surface area contributed by atoms with Crippen molar-refractivity contribution < 1.29 is 13.6 Å². The predicted molar refractivity (Wildman–Crippen MR) is 103 cm³/mol. The Kier molecular flexibility index (Phi) is 5.61. The quantitative estimate of drug-likeness (QED) is 0.761. The highest BCUT2D eigenvalue weighted by molar-refractivity contribution is 5.82. The van der Waals surface area contributed by atoms with E-state index in [-0.39, 0.29) is 11.9 Å². The Labute approximate surface area is 159 Å². The van der Waals surface area contributed by atoms with Crippen LogP contribution >= 0.6 is 0 Å². The maximum absolute atomic E-state index is 14.7. The van der Waals surface area contributed by atoms with Crippen molar-refractivity contribution in [2.24, 2.45) is 5.92 Å². The summed E-state index contributed by atoms with van der Waals surface area (Å²) in [6.45, 7) is 3.25. The standard InChI is InChI=1S/C22H26F2N2O/c1-21(2)13-18(20(27)26-21)14-22(23,24)15-25-19(16-9-5-3-6-10-16)17-11-7-4-8-12-17/h3-12,18-19,25H,13-15H2,1-2H3,(H,26,27). The molecule has 5 heteroatoms. The molecule has 0 aliphatic carbocycles. The molecule has 1 fully saturated rings. The first kappa shape index (κ1) is 19.5. The Bertz CT molecular complexity index is 723. The van der Waals surface area contributed by atoms with Crippen molar-refractivity contribution in [3.63, 3.8) is 0 Å². The number of nitrogens with one attached hydrogen (secondary N) is 2. The van der Waals surface area contributed by atoms with Crippen molar-refractivity contribution in [2.75, 3.05) is 6.54 Å². The Morgan fingerprint density at radius 3 is 2.04 bits per heavy atom. The maximum Gasteiger partial charge on any atom is 0.261 e. The molecule has 2 N–H and O–H groups in total. The van der Waals surface area contributed by atoms with Crippen LogP contribution in [0.15, 0.2) is 60.7 Å². The summed E-state index contributed by atoms with van der Waals surface area (Å²) in [4.78, 5) is 12.0. The van der Waals surface area contributed by atoms with E-state index < -0.39 is 30.3 Å². The van der Waals surface area contributed by atoms with Crippen LogP contribution in [0.25, 0.3) is 0 Å². The first-order chi connectivity index (χ1) is 12.8. The van der Waals surface area contributed by atoms with E-state index in [1.807, 2.05) is 74.5 Å². The molecule has 27 heavy (non-hydrogen) atoms. The third-order valence-corrected chi connectivity index (χ3v) is 4.96. The molecule has 2 aromatic rings. The monoisotopic (exact) mass is 372 g/mol. The molecule has 1 aliphatic rings. The zero-order valence-electron chi connectivity index (χ0n) is 15.7. The van der Waals surface area contributed by atoms with Gasteiger partial charge in [-0.15, -0.1) is 0 Å². The summed E-state index contributed by atoms with van der Waals surface area (Å²) in [5, 5.41) is 5.81. The molecular formula is C22H26F2N2O. The number of rotatable bonds is 7. The van der Waals surface area contributed by atoms with Crippen LogP contribution in [0.4, 0.5) is 8.78 Å². The summed E-state index contributed by atoms with van der Waals surface area (Å²) >= 11 is 0. The molecule has 0 radical (unpaired) electrons. The van der Waals surface area contributed by atoms with Crippen LogP contribution in [0.5, 0.6) is 0 Å². The number of hydrogen-bond acceptors (Lipinski definition) is 2. The van der Waals surface area contributed by atoms with E-state index in [1.165, 1.54) is 0 Å². The van der Waals surface area contributed by atoms with E-state index in [0.29, 0.717) is 6.42 Å². The van der Waals surface area contributed by atoms with E-state index in [1.54, 1.807) is 0 Å². The van der Waals surface area contributed by atoms with Crippen molar-refractivity contribution in [3.8, 4) is 0 Å². The molecule has 3 nitrogen and oxygen atoms in total. The van der Waals surface area contributed by atoms with Crippen LogP contribution < -0.4 is 10.6 Å². The summed E-state index contributed by atoms with van der Waals surface area (Å²) in [6.07, 6.45) is -0.00617. The predicted octanol–water partition coefficient (Wildman–Crippen LogP) is 4.31. The molecule has 0 saturated carbocycles. The van der Waals surface area contributed by atoms with E-state index in [0.717, 1.165) is 11.1 Å². The Morgan fingerprint density at radius 1 is 1.07 bits per heavy atom. The summed E-state index contributed by atoms with van der Waals surface area (Å²) in [7, 11) is 0. The number of hydrogen-bond donors (Lipinski definition) is 2. The second kappa shape index (κ2) is 7.77. The number of carbonyl (C=O) groups excluding carboxylic acids is 1. The SMILES string of the molecule is CC1(C)CC(CC(F)(F)CNC(c2ccccc2)c2ccccc2)C(=O)N1. The molecule has 1 atom stereocenters. The molecule has 144 valence electrons. The van der Waals surface area contributed by atoms with Crippen LogP contribution in [0.1, 0.15) is 43.9 Å². The van der Waals surface area contributed by atoms with E-state index >= 15 is 0 Å². The van der Waals surface area contributed by atoms with Gasteiger partial charge in [0.1, 0.15) is 0 Å². The highest BCUT2D eigenvalue weighted by Crippen LogP contribution is 2.33. The van der Waals surface area contributed by atoms with Gasteiger partial charge >= 0.3 is 0 Å². The van der Waals surface area contributed by atoms with Gasteiger partial charge in [0.25, 0.3) is 5.92 Å². The fraction of sp³-hybridized carbons (Fsp3) is 0.409. The van der Waals surface area contributed by atoms with Crippen molar-refractivity contribution >= 4 is 5.91 Å². The van der Waals surface area contributed by atoms with Crippen LogP contribution in [0.3, 0.4) is 0 Å². The highest BCUT2D eigenvalue weighted by Gasteiger charge is 2.43. The third-order valence-electron chi connectivity index (χ3n) is 4.96. The van der Waals surface area contributed by atoms with Gasteiger partial charge in [-0.25, -0.2) is 8.78 Å². The van der Waals surface area contributed by atoms with E-state index in [9.17, 15) is 13.6 Å². The fourth-order valence-electron chi connectivity index (χ4n) is 3.76. The minimum Gasteiger partial charge on any atom is -0.351 e. The highest BCUT2D eigenvalue weighted by atomic mass is 19.3. The summed E-state index contributed by atoms with van der Waals surface area (Å²) in [5.74, 6) is -3.89. The average Bonchev–Trinajstić information content (AvgIpc) is 2.88. The lowest BCUT2D eigenvalue weighted by Crippen LogP contribution is -2.38. The number of benzene rings is 2. The lowest BCUT2D eigenvalue weighted by molar-refractivity contribution is -0.125. The van der Waals surface area contributed by atoms with Gasteiger partial charge in [-0.05, 0) is 31.4 Å². The largest absolute Gasteiger partial charge is 0.351 e. The van der Waals surface area contributed by atoms with Gasteiger partial charge in [0, 0.05) is 17.9 Å². The minimum absolute atomic E-state index is 0.276. The van der Waals surface area contributed by atoms with Gasteiger partial charge in [0.2, 0.25) is 5.91 Å². The fourth-order valence-corrected chi connectivity index (χ4v) is 3.76. The maximum atomic E-state index is 14.7. The van der Waals surface area contributed by atoms with Gasteiger partial charge in [0.05, 0.1) is 12.6 Å². The lowest BCUT2D eigenvalue weighted by Gasteiger charge is -2.25. The number of carbonyl (C=O) groups is 1. The summed E-state index contributed by atoms with van der Waals surface area (Å²) < 4.78 is 29.3. The normalized spacial score (nSPS) is 19.3. The Hall–Kier alpha value is -2.27. The molecule has 0 bridgehead atoms. The molecule has 0 aromatic heterocycles. The molecule has 2 aromatic carbocycles. The van der Waals surface area contributed by atoms with Gasteiger partial charge in [-0.3, -0.25) is 4.79 Å². The van der Waals surface area contributed by atoms with Crippen LogP contribution in [-0.4, -0.2) is 23.9 Å². The Morgan fingerprint density at radius 2 is 1.59 bits per heavy atom. The second-order valence-electron chi connectivity index (χ2n) is 7.97. The smallest absolute Gasteiger partial charge is 0.261 e. The number of amides is 1. The van der Waals surface area contributed by atoms with Crippen LogP contribution in [0.2, 0.25) is 0 Å². The van der Waals surface area contributed by atoms with E-state index in [4.69, 9.17) is 0 Å². The molecular weight excluding hydrogens is 346 g/mol. The average molecular weight is 372 g/mol. The zero-order chi connectivity index (χ0) is 19.5. The van der Waals surface area contributed by atoms with Gasteiger partial charge < -0.3 is 10.6 Å². The van der Waals surface area contributed by atoms with Crippen LogP contribution in [0, 0.1) is 5.92 Å². The second-order valence-corrected chi connectivity index (χ2v) is 7.97. The number of alkyl halides is 2. The molecule has 1 unspecified atom stereocenters. The van der Waals surface area contributed by atoms with Crippen molar-refractivity contribution in [3.05, 3.63) is 71.8 Å². The molecule has 1 aliphatic heterocycles. The molecule has 1 amide bonds. The Balaban J connectivity index is 1.70. The van der Waals surface area contributed by atoms with Crippen LogP contribution in [-0.2, 0) is 4.79 Å². The van der Waals surface area contributed by atoms with Gasteiger partial charge in [0.15, 0.2) is 0 Å². The minimum atomic E-state index is -2.97. The van der Waals surface area contributed by atoms with Crippen molar-refractivity contribution in [2.45, 2.75) is 44.2 Å². The summed E-state index contributed by atoms with van der Waals surface area (Å²) in [6, 6.07) is 18.8. The van der Waals surface area contributed by atoms with Crippen molar-refractivity contribution in [1.29, 1.82) is 0 Å². The lowest BCUT2D eigenvalue weighted by atomic mass is 9.91. The van der Waals surface area contributed by atoms with Gasteiger partial charge in [-0.1, -0.05) is 60.7 Å². The topological polar surface area (TPSA) is 41.1 Å².